The van der Waals surface area contributed by atoms with Gasteiger partial charge >= 0.3 is 0 Å². The minimum absolute atomic E-state index is 0.0351. The van der Waals surface area contributed by atoms with Crippen LogP contribution in [0.5, 0.6) is 5.75 Å². The maximum atomic E-state index is 12.0. The Balaban J connectivity index is 2.43. The molecule has 5 heteroatoms. The van der Waals surface area contributed by atoms with Gasteiger partial charge in [-0.3, -0.25) is 9.59 Å². The van der Waals surface area contributed by atoms with Gasteiger partial charge in [0, 0.05) is 19.0 Å². The van der Waals surface area contributed by atoms with Gasteiger partial charge in [-0.15, -0.1) is 0 Å². The van der Waals surface area contributed by atoms with E-state index in [9.17, 15) is 9.59 Å². The summed E-state index contributed by atoms with van der Waals surface area (Å²) in [7, 11) is 0. The number of hydrogen-bond acceptors (Lipinski definition) is 3. The molecule has 2 amide bonds. The van der Waals surface area contributed by atoms with Crippen LogP contribution in [-0.4, -0.2) is 31.5 Å². The third-order valence-corrected chi connectivity index (χ3v) is 4.40. The first-order valence-electron chi connectivity index (χ1n) is 9.47. The number of amides is 2. The molecule has 0 atom stereocenters. The van der Waals surface area contributed by atoms with Crippen LogP contribution in [0.4, 0.5) is 0 Å². The smallest absolute Gasteiger partial charge is 0.258 e. The molecule has 0 heterocycles. The highest BCUT2D eigenvalue weighted by Crippen LogP contribution is 2.32. The van der Waals surface area contributed by atoms with Gasteiger partial charge in [-0.25, -0.2) is 0 Å². The third-order valence-electron chi connectivity index (χ3n) is 4.40. The first kappa shape index (κ1) is 22.0. The molecule has 0 aliphatic carbocycles. The lowest BCUT2D eigenvalue weighted by molar-refractivity contribution is -0.126. The van der Waals surface area contributed by atoms with Crippen LogP contribution in [-0.2, 0) is 15.0 Å². The normalized spacial score (nSPS) is 11.3. The third kappa shape index (κ3) is 7.06. The lowest BCUT2D eigenvalue weighted by Gasteiger charge is -2.23. The van der Waals surface area contributed by atoms with Gasteiger partial charge in [-0.05, 0) is 36.8 Å². The summed E-state index contributed by atoms with van der Waals surface area (Å²) in [5.41, 5.74) is 2.19. The average Bonchev–Trinajstić information content (AvgIpc) is 2.58. The fourth-order valence-electron chi connectivity index (χ4n) is 2.74. The van der Waals surface area contributed by atoms with Gasteiger partial charge < -0.3 is 15.4 Å². The number of carbonyl (C=O) groups excluding carboxylic acids is 2. The molecular weight excluding hydrogens is 328 g/mol. The molecular formula is C21H34N2O3. The van der Waals surface area contributed by atoms with Crippen LogP contribution in [0.25, 0.3) is 0 Å². The van der Waals surface area contributed by atoms with E-state index >= 15 is 0 Å². The first-order valence-corrected chi connectivity index (χ1v) is 9.47. The van der Waals surface area contributed by atoms with Crippen molar-refractivity contribution in [3.63, 3.8) is 0 Å². The van der Waals surface area contributed by atoms with E-state index in [1.54, 1.807) is 0 Å². The molecule has 5 nitrogen and oxygen atoms in total. The van der Waals surface area contributed by atoms with Crippen molar-refractivity contribution in [2.75, 3.05) is 19.7 Å². The van der Waals surface area contributed by atoms with Crippen molar-refractivity contribution >= 4 is 11.8 Å². The molecule has 0 saturated heterocycles. The van der Waals surface area contributed by atoms with Crippen molar-refractivity contribution in [1.82, 2.24) is 10.6 Å². The molecule has 0 aliphatic rings. The highest BCUT2D eigenvalue weighted by atomic mass is 16.5. The van der Waals surface area contributed by atoms with Crippen LogP contribution in [0, 0.1) is 12.8 Å². The molecule has 0 bridgehead atoms. The number of carbonyl (C=O) groups is 2. The molecule has 1 aromatic rings. The molecule has 26 heavy (non-hydrogen) atoms. The summed E-state index contributed by atoms with van der Waals surface area (Å²) in [6.07, 6.45) is 1.66. The molecule has 0 spiro atoms. The van der Waals surface area contributed by atoms with E-state index in [1.165, 1.54) is 5.56 Å². The van der Waals surface area contributed by atoms with Gasteiger partial charge in [0.05, 0.1) is 0 Å². The van der Waals surface area contributed by atoms with Crippen molar-refractivity contribution < 1.29 is 14.3 Å². The highest BCUT2D eigenvalue weighted by Gasteiger charge is 2.19. The summed E-state index contributed by atoms with van der Waals surface area (Å²) in [6.45, 7) is 13.2. The predicted molar refractivity (Wildman–Crippen MR) is 105 cm³/mol. The molecule has 1 aromatic carbocycles. The Morgan fingerprint density at radius 3 is 2.27 bits per heavy atom. The largest absolute Gasteiger partial charge is 0.483 e. The second-order valence-electron chi connectivity index (χ2n) is 7.69. The molecule has 0 unspecified atom stereocenters. The Hall–Kier alpha value is -2.04. The average molecular weight is 363 g/mol. The van der Waals surface area contributed by atoms with Gasteiger partial charge in [0.1, 0.15) is 5.75 Å². The minimum atomic E-state index is -0.192. The zero-order chi connectivity index (χ0) is 19.7. The topological polar surface area (TPSA) is 67.4 Å². The van der Waals surface area contributed by atoms with Gasteiger partial charge in [0.2, 0.25) is 5.91 Å². The maximum Gasteiger partial charge on any atom is 0.258 e. The zero-order valence-corrected chi connectivity index (χ0v) is 17.1. The zero-order valence-electron chi connectivity index (χ0n) is 17.1. The van der Waals surface area contributed by atoms with Crippen molar-refractivity contribution in [2.45, 2.75) is 59.8 Å². The molecule has 0 radical (unpaired) electrons. The Morgan fingerprint density at radius 1 is 1.08 bits per heavy atom. The minimum Gasteiger partial charge on any atom is -0.483 e. The Bertz CT molecular complexity index is 602. The number of nitrogens with one attached hydrogen (secondary N) is 2. The van der Waals surface area contributed by atoms with E-state index in [1.807, 2.05) is 32.9 Å². The standard InChI is InChI=1S/C21H34N2O3/c1-7-16(8-2)20(25)23-12-11-22-19(24)14-26-18-10-9-15(3)13-17(18)21(4,5)6/h9-10,13,16H,7-8,11-12,14H2,1-6H3,(H,22,24)(H,23,25). The predicted octanol–water partition coefficient (Wildman–Crippen LogP) is 3.34. The second kappa shape index (κ2) is 10.2. The molecule has 1 rings (SSSR count). The SMILES string of the molecule is CCC(CC)C(=O)NCCNC(=O)COc1ccc(C)cc1C(C)(C)C. The van der Waals surface area contributed by atoms with E-state index in [0.717, 1.165) is 24.2 Å². The first-order chi connectivity index (χ1) is 12.2. The quantitative estimate of drug-likeness (QED) is 0.662. The summed E-state index contributed by atoms with van der Waals surface area (Å²) in [4.78, 5) is 23.9. The summed E-state index contributed by atoms with van der Waals surface area (Å²) in [5.74, 6) is 0.642. The van der Waals surface area contributed by atoms with Crippen molar-refractivity contribution in [1.29, 1.82) is 0 Å². The fraction of sp³-hybridized carbons (Fsp3) is 0.619. The number of ether oxygens (including phenoxy) is 1. The molecule has 146 valence electrons. The van der Waals surface area contributed by atoms with E-state index < -0.39 is 0 Å². The van der Waals surface area contributed by atoms with Crippen molar-refractivity contribution in [2.24, 2.45) is 5.92 Å². The number of aryl methyl sites for hydroxylation is 1. The summed E-state index contributed by atoms with van der Waals surface area (Å²) >= 11 is 0. The van der Waals surface area contributed by atoms with Crippen LogP contribution in [0.3, 0.4) is 0 Å². The van der Waals surface area contributed by atoms with Gasteiger partial charge in [-0.1, -0.05) is 52.3 Å². The summed E-state index contributed by atoms with van der Waals surface area (Å²) in [6, 6.07) is 6.00. The Morgan fingerprint density at radius 2 is 1.69 bits per heavy atom. The summed E-state index contributed by atoms with van der Waals surface area (Å²) in [5, 5.41) is 5.63. The van der Waals surface area contributed by atoms with Gasteiger partial charge in [-0.2, -0.15) is 0 Å². The lowest BCUT2D eigenvalue weighted by Crippen LogP contribution is -2.38. The van der Waals surface area contributed by atoms with Crippen LogP contribution in [0.2, 0.25) is 0 Å². The highest BCUT2D eigenvalue weighted by molar-refractivity contribution is 5.79. The van der Waals surface area contributed by atoms with E-state index in [2.05, 4.69) is 37.5 Å². The second-order valence-corrected chi connectivity index (χ2v) is 7.69. The fourth-order valence-corrected chi connectivity index (χ4v) is 2.74. The molecule has 0 saturated carbocycles. The van der Waals surface area contributed by atoms with Crippen LogP contribution >= 0.6 is 0 Å². The van der Waals surface area contributed by atoms with Crippen molar-refractivity contribution in [3.8, 4) is 5.75 Å². The number of rotatable bonds is 9. The van der Waals surface area contributed by atoms with Crippen LogP contribution < -0.4 is 15.4 Å². The van der Waals surface area contributed by atoms with Gasteiger partial charge in [0.15, 0.2) is 6.61 Å². The molecule has 0 aromatic heterocycles. The number of benzene rings is 1. The van der Waals surface area contributed by atoms with Crippen LogP contribution in [0.15, 0.2) is 18.2 Å². The van der Waals surface area contributed by atoms with E-state index in [0.29, 0.717) is 13.1 Å². The molecule has 0 aliphatic heterocycles. The monoisotopic (exact) mass is 362 g/mol. The Kier molecular flexibility index (Phi) is 8.62. The summed E-state index contributed by atoms with van der Waals surface area (Å²) < 4.78 is 5.73. The van der Waals surface area contributed by atoms with Crippen LogP contribution in [0.1, 0.15) is 58.6 Å². The Labute approximate surface area is 157 Å². The maximum absolute atomic E-state index is 12.0. The number of hydrogen-bond donors (Lipinski definition) is 2. The lowest BCUT2D eigenvalue weighted by atomic mass is 9.85. The van der Waals surface area contributed by atoms with Gasteiger partial charge in [0.25, 0.3) is 5.91 Å². The van der Waals surface area contributed by atoms with E-state index in [-0.39, 0.29) is 29.8 Å². The molecule has 2 N–H and O–H groups in total. The van der Waals surface area contributed by atoms with E-state index in [4.69, 9.17) is 4.74 Å². The molecule has 0 fully saturated rings. The van der Waals surface area contributed by atoms with Crippen molar-refractivity contribution in [3.05, 3.63) is 29.3 Å².